The molecule has 0 unspecified atom stereocenters. The van der Waals surface area contributed by atoms with Crippen LogP contribution in [0, 0.1) is 0 Å². The second-order valence-corrected chi connectivity index (χ2v) is 6.37. The summed E-state index contributed by atoms with van der Waals surface area (Å²) in [5, 5.41) is 17.0. The number of benzene rings is 2. The summed E-state index contributed by atoms with van der Waals surface area (Å²) in [5.74, 6) is -1.50. The number of nitrogens with two attached hydrogens (primary N) is 1. The Morgan fingerprint density at radius 3 is 2.79 bits per heavy atom. The number of aliphatic imine (C=N–C) groups is 1. The van der Waals surface area contributed by atoms with Gasteiger partial charge in [0.25, 0.3) is 5.91 Å². The molecule has 0 saturated heterocycles. The van der Waals surface area contributed by atoms with Gasteiger partial charge in [-0.15, -0.1) is 0 Å². The van der Waals surface area contributed by atoms with E-state index in [2.05, 4.69) is 19.9 Å². The monoisotopic (exact) mass is 420 g/mol. The van der Waals surface area contributed by atoms with E-state index in [1.807, 2.05) is 6.07 Å². The highest BCUT2D eigenvalue weighted by atomic mass is 35.5. The van der Waals surface area contributed by atoms with Crippen LogP contribution in [0.3, 0.4) is 0 Å². The summed E-state index contributed by atoms with van der Waals surface area (Å²) in [5.41, 5.74) is 7.28. The molecule has 2 aromatic carbocycles. The lowest BCUT2D eigenvalue weighted by molar-refractivity contribution is -0.0512. The van der Waals surface area contributed by atoms with Crippen LogP contribution < -0.4 is 10.5 Å². The first-order chi connectivity index (χ1) is 13.8. The van der Waals surface area contributed by atoms with Gasteiger partial charge in [0.05, 0.1) is 5.69 Å². The fraction of sp³-hybridized carbons (Fsp3) is 0.105. The molecule has 0 atom stereocenters. The molecule has 0 aliphatic rings. The van der Waals surface area contributed by atoms with E-state index >= 15 is 0 Å². The number of ether oxygens (including phenoxy) is 1. The van der Waals surface area contributed by atoms with E-state index in [4.69, 9.17) is 17.3 Å². The zero-order valence-electron chi connectivity index (χ0n) is 14.8. The number of aromatic hydroxyl groups is 1. The van der Waals surface area contributed by atoms with Crippen molar-refractivity contribution in [3.63, 3.8) is 0 Å². The van der Waals surface area contributed by atoms with Crippen molar-refractivity contribution in [3.8, 4) is 11.5 Å². The molecule has 3 aromatic rings. The number of nitrogens with zero attached hydrogens (tertiary/aromatic N) is 2. The smallest absolute Gasteiger partial charge is 0.387 e. The summed E-state index contributed by atoms with van der Waals surface area (Å²) < 4.78 is 28.7. The first-order valence-corrected chi connectivity index (χ1v) is 8.64. The van der Waals surface area contributed by atoms with Crippen LogP contribution in [0.15, 0.2) is 47.5 Å². The molecule has 0 aliphatic heterocycles. The minimum atomic E-state index is -3.06. The molecule has 1 amide bonds. The number of phenols is 1. The first-order valence-electron chi connectivity index (χ1n) is 8.27. The van der Waals surface area contributed by atoms with Crippen molar-refractivity contribution in [2.24, 2.45) is 10.7 Å². The summed E-state index contributed by atoms with van der Waals surface area (Å²) in [4.78, 5) is 16.0. The van der Waals surface area contributed by atoms with Crippen molar-refractivity contribution in [2.75, 3.05) is 0 Å². The van der Waals surface area contributed by atoms with Gasteiger partial charge >= 0.3 is 6.61 Å². The average Bonchev–Trinajstić information content (AvgIpc) is 3.04. The van der Waals surface area contributed by atoms with Crippen molar-refractivity contribution in [2.45, 2.75) is 13.0 Å². The van der Waals surface area contributed by atoms with Crippen molar-refractivity contribution in [1.29, 1.82) is 0 Å². The summed E-state index contributed by atoms with van der Waals surface area (Å²) in [6, 6.07) is 10.9. The van der Waals surface area contributed by atoms with Crippen molar-refractivity contribution >= 4 is 29.5 Å². The van der Waals surface area contributed by atoms with Gasteiger partial charge in [-0.25, -0.2) is 4.99 Å². The molecule has 1 aromatic heterocycles. The summed E-state index contributed by atoms with van der Waals surface area (Å²) in [6.45, 7) is -3.06. The van der Waals surface area contributed by atoms with E-state index in [1.165, 1.54) is 24.4 Å². The second kappa shape index (κ2) is 8.70. The third-order valence-corrected chi connectivity index (χ3v) is 4.11. The third-order valence-electron chi connectivity index (χ3n) is 3.87. The van der Waals surface area contributed by atoms with Crippen LogP contribution >= 0.6 is 11.6 Å². The molecule has 7 nitrogen and oxygen atoms in total. The Labute approximate surface area is 168 Å². The molecule has 0 bridgehead atoms. The molecule has 0 spiro atoms. The molecule has 150 valence electrons. The number of hydrogen-bond donors (Lipinski definition) is 3. The minimum absolute atomic E-state index is 0.0573. The van der Waals surface area contributed by atoms with E-state index in [-0.39, 0.29) is 17.1 Å². The second-order valence-electron chi connectivity index (χ2n) is 5.94. The fourth-order valence-electron chi connectivity index (χ4n) is 2.64. The predicted molar refractivity (Wildman–Crippen MR) is 103 cm³/mol. The molecule has 0 aliphatic carbocycles. The summed E-state index contributed by atoms with van der Waals surface area (Å²) in [6.07, 6.45) is 1.64. The van der Waals surface area contributed by atoms with Crippen molar-refractivity contribution in [1.82, 2.24) is 10.2 Å². The Balaban J connectivity index is 1.85. The van der Waals surface area contributed by atoms with Crippen LogP contribution in [0.5, 0.6) is 11.5 Å². The van der Waals surface area contributed by atoms with E-state index in [0.29, 0.717) is 22.7 Å². The predicted octanol–water partition coefficient (Wildman–Crippen LogP) is 3.81. The van der Waals surface area contributed by atoms with Crippen LogP contribution in [0.2, 0.25) is 5.02 Å². The first kappa shape index (κ1) is 20.3. The highest BCUT2D eigenvalue weighted by molar-refractivity contribution is 6.30. The minimum Gasteiger partial charge on any atom is -0.504 e. The topological polar surface area (TPSA) is 114 Å². The van der Waals surface area contributed by atoms with Gasteiger partial charge in [0, 0.05) is 17.7 Å². The average molecular weight is 421 g/mol. The lowest BCUT2D eigenvalue weighted by atomic mass is 10.1. The number of amides is 1. The number of H-pyrrole nitrogens is 1. The van der Waals surface area contributed by atoms with Gasteiger partial charge in [0.1, 0.15) is 5.56 Å². The summed E-state index contributed by atoms with van der Waals surface area (Å²) in [7, 11) is 0. The number of aromatic amines is 1. The maximum absolute atomic E-state index is 12.2. The number of rotatable bonds is 7. The van der Waals surface area contributed by atoms with Crippen LogP contribution in [0.25, 0.3) is 0 Å². The van der Waals surface area contributed by atoms with Gasteiger partial charge in [-0.1, -0.05) is 23.7 Å². The lowest BCUT2D eigenvalue weighted by Crippen LogP contribution is -2.13. The maximum Gasteiger partial charge on any atom is 0.387 e. The third kappa shape index (κ3) is 5.08. The molecule has 4 N–H and O–H groups in total. The number of primary amides is 1. The standard InChI is InChI=1S/C19H15ClF2N4O3/c20-12-3-1-2-10(6-12)7-13-16(17(23)28)18(26-25-13)24-9-11-4-5-15(14(27)8-11)29-19(21)22/h1-6,8-9,19,27H,7H2,(H2,23,28)(H,25,26). The number of carbonyl (C=O) groups excluding carboxylic acids is 1. The Kier molecular flexibility index (Phi) is 6.08. The SMILES string of the molecule is NC(=O)c1c(N=Cc2ccc(OC(F)F)c(O)c2)n[nH]c1Cc1cccc(Cl)c1. The highest BCUT2D eigenvalue weighted by Gasteiger charge is 2.18. The Morgan fingerprint density at radius 1 is 1.34 bits per heavy atom. The molecular formula is C19H15ClF2N4O3. The lowest BCUT2D eigenvalue weighted by Gasteiger charge is -2.06. The molecule has 0 radical (unpaired) electrons. The quantitative estimate of drug-likeness (QED) is 0.504. The van der Waals surface area contributed by atoms with Gasteiger partial charge in [0.2, 0.25) is 0 Å². The van der Waals surface area contributed by atoms with Gasteiger partial charge in [-0.05, 0) is 41.5 Å². The molecule has 3 rings (SSSR count). The Bertz CT molecular complexity index is 1070. The largest absolute Gasteiger partial charge is 0.504 e. The van der Waals surface area contributed by atoms with Crippen LogP contribution in [-0.2, 0) is 6.42 Å². The van der Waals surface area contributed by atoms with Crippen LogP contribution in [0.4, 0.5) is 14.6 Å². The van der Waals surface area contributed by atoms with Crippen molar-refractivity contribution < 1.29 is 23.4 Å². The van der Waals surface area contributed by atoms with Gasteiger partial charge < -0.3 is 15.6 Å². The molecular weight excluding hydrogens is 406 g/mol. The normalized spacial score (nSPS) is 11.3. The number of hydrogen-bond acceptors (Lipinski definition) is 5. The Hall–Kier alpha value is -3.46. The fourth-order valence-corrected chi connectivity index (χ4v) is 2.86. The number of nitrogens with one attached hydrogen (secondary N) is 1. The van der Waals surface area contributed by atoms with Gasteiger partial charge in [0.15, 0.2) is 17.3 Å². The molecule has 10 heteroatoms. The Morgan fingerprint density at radius 2 is 2.14 bits per heavy atom. The van der Waals surface area contributed by atoms with E-state index in [0.717, 1.165) is 5.56 Å². The number of phenolic OH excluding ortho intramolecular Hbond substituents is 1. The number of alkyl halides is 2. The number of carbonyl (C=O) groups is 1. The zero-order chi connectivity index (χ0) is 21.0. The van der Waals surface area contributed by atoms with Crippen LogP contribution in [0.1, 0.15) is 27.2 Å². The zero-order valence-corrected chi connectivity index (χ0v) is 15.5. The van der Waals surface area contributed by atoms with E-state index < -0.39 is 18.3 Å². The number of aromatic nitrogens is 2. The maximum atomic E-state index is 12.2. The van der Waals surface area contributed by atoms with Crippen LogP contribution in [-0.4, -0.2) is 34.0 Å². The number of halogens is 3. The van der Waals surface area contributed by atoms with Gasteiger partial charge in [-0.3, -0.25) is 9.89 Å². The van der Waals surface area contributed by atoms with Gasteiger partial charge in [-0.2, -0.15) is 13.9 Å². The molecule has 0 saturated carbocycles. The van der Waals surface area contributed by atoms with Crippen molar-refractivity contribution in [3.05, 3.63) is 69.9 Å². The van der Waals surface area contributed by atoms with E-state index in [9.17, 15) is 18.7 Å². The molecule has 0 fully saturated rings. The molecule has 1 heterocycles. The highest BCUT2D eigenvalue weighted by Crippen LogP contribution is 2.28. The van der Waals surface area contributed by atoms with E-state index in [1.54, 1.807) is 18.2 Å². The summed E-state index contributed by atoms with van der Waals surface area (Å²) >= 11 is 5.98. The molecule has 29 heavy (non-hydrogen) atoms.